The fourth-order valence-corrected chi connectivity index (χ4v) is 1.26. The van der Waals surface area contributed by atoms with E-state index in [1.165, 1.54) is 0 Å². The second-order valence-corrected chi connectivity index (χ2v) is 3.21. The molecule has 0 aliphatic rings. The van der Waals surface area contributed by atoms with Crippen LogP contribution in [-0.2, 0) is 4.74 Å². The third-order valence-corrected chi connectivity index (χ3v) is 2.09. The first-order valence-electron chi connectivity index (χ1n) is 5.33. The Balaban J connectivity index is 4.37. The van der Waals surface area contributed by atoms with Crippen LogP contribution in [-0.4, -0.2) is 19.4 Å². The quantitative estimate of drug-likeness (QED) is 0.541. The lowest BCUT2D eigenvalue weighted by Gasteiger charge is -2.14. The molecule has 0 bridgehead atoms. The van der Waals surface area contributed by atoms with Crippen LogP contribution >= 0.6 is 0 Å². The Bertz CT molecular complexity index is 254. The maximum Gasteiger partial charge on any atom is 0.108 e. The van der Waals surface area contributed by atoms with Crippen molar-refractivity contribution in [2.24, 2.45) is 10.7 Å². The minimum Gasteiger partial charge on any atom is -0.500 e. The Morgan fingerprint density at radius 1 is 1.40 bits per heavy atom. The van der Waals surface area contributed by atoms with Gasteiger partial charge < -0.3 is 10.5 Å². The first-order valence-corrected chi connectivity index (χ1v) is 5.33. The van der Waals surface area contributed by atoms with Crippen LogP contribution in [0, 0.1) is 0 Å². The summed E-state index contributed by atoms with van der Waals surface area (Å²) in [4.78, 5) is 4.32. The molecule has 0 saturated carbocycles. The summed E-state index contributed by atoms with van der Waals surface area (Å²) in [6, 6.07) is -0.111. The third-order valence-electron chi connectivity index (χ3n) is 2.09. The molecule has 86 valence electrons. The highest BCUT2D eigenvalue weighted by atomic mass is 16.5. The summed E-state index contributed by atoms with van der Waals surface area (Å²) in [6.45, 7) is 5.95. The lowest BCUT2D eigenvalue weighted by atomic mass is 10.1. The van der Waals surface area contributed by atoms with E-state index in [2.05, 4.69) is 11.9 Å². The van der Waals surface area contributed by atoms with Crippen molar-refractivity contribution >= 4 is 6.21 Å². The van der Waals surface area contributed by atoms with Crippen LogP contribution in [0.25, 0.3) is 0 Å². The smallest absolute Gasteiger partial charge is 0.108 e. The van der Waals surface area contributed by atoms with Crippen molar-refractivity contribution in [3.63, 3.8) is 0 Å². The molecule has 0 aliphatic heterocycles. The molecule has 0 heterocycles. The van der Waals surface area contributed by atoms with Crippen LogP contribution < -0.4 is 5.73 Å². The number of hydrogen-bond acceptors (Lipinski definition) is 3. The van der Waals surface area contributed by atoms with Crippen molar-refractivity contribution in [1.29, 1.82) is 0 Å². The molecule has 0 amide bonds. The number of hydrogen-bond donors (Lipinski definition) is 1. The van der Waals surface area contributed by atoms with Crippen molar-refractivity contribution < 1.29 is 4.74 Å². The van der Waals surface area contributed by atoms with Crippen LogP contribution in [0.15, 0.2) is 28.6 Å². The van der Waals surface area contributed by atoms with Crippen molar-refractivity contribution in [3.05, 3.63) is 23.6 Å². The number of allylic oxidation sites excluding steroid dienone is 2. The molecule has 0 aromatic rings. The first kappa shape index (κ1) is 13.9. The summed E-state index contributed by atoms with van der Waals surface area (Å²) in [5, 5.41) is 0. The van der Waals surface area contributed by atoms with Gasteiger partial charge in [-0.05, 0) is 26.3 Å². The molecule has 1 atom stereocenters. The Labute approximate surface area is 92.7 Å². The van der Waals surface area contributed by atoms with Gasteiger partial charge in [0.2, 0.25) is 0 Å². The fraction of sp³-hybridized carbons (Fsp3) is 0.583. The van der Waals surface area contributed by atoms with Crippen LogP contribution in [0.2, 0.25) is 0 Å². The Hall–Kier alpha value is -1.09. The highest BCUT2D eigenvalue weighted by Crippen LogP contribution is 2.12. The molecular formula is C12H22N2O. The molecule has 0 aromatic heterocycles. The van der Waals surface area contributed by atoms with Gasteiger partial charge in [-0.2, -0.15) is 0 Å². The van der Waals surface area contributed by atoms with E-state index < -0.39 is 0 Å². The molecule has 0 aliphatic carbocycles. The highest BCUT2D eigenvalue weighted by molar-refractivity contribution is 5.58. The van der Waals surface area contributed by atoms with E-state index in [-0.39, 0.29) is 6.04 Å². The zero-order chi connectivity index (χ0) is 11.7. The van der Waals surface area contributed by atoms with Gasteiger partial charge in [0.25, 0.3) is 0 Å². The summed E-state index contributed by atoms with van der Waals surface area (Å²) in [6.07, 6.45) is 7.41. The number of nitrogens with zero attached hydrogens (tertiary/aromatic N) is 1. The summed E-state index contributed by atoms with van der Waals surface area (Å²) >= 11 is 0. The SMILES string of the molecule is C/C=C(/CC(N)/C(=C/C)OC)N=CCC. The zero-order valence-electron chi connectivity index (χ0n) is 10.2. The predicted molar refractivity (Wildman–Crippen MR) is 65.9 cm³/mol. The fourth-order valence-electron chi connectivity index (χ4n) is 1.26. The van der Waals surface area contributed by atoms with Crippen molar-refractivity contribution in [1.82, 2.24) is 0 Å². The molecule has 0 fully saturated rings. The maximum absolute atomic E-state index is 5.98. The summed E-state index contributed by atoms with van der Waals surface area (Å²) in [7, 11) is 1.64. The summed E-state index contributed by atoms with van der Waals surface area (Å²) < 4.78 is 5.17. The lowest BCUT2D eigenvalue weighted by molar-refractivity contribution is 0.263. The van der Waals surface area contributed by atoms with E-state index in [1.807, 2.05) is 32.2 Å². The zero-order valence-corrected chi connectivity index (χ0v) is 10.2. The van der Waals surface area contributed by atoms with Gasteiger partial charge in [-0.1, -0.05) is 13.0 Å². The van der Waals surface area contributed by atoms with E-state index in [4.69, 9.17) is 10.5 Å². The second kappa shape index (κ2) is 8.24. The minimum atomic E-state index is -0.111. The van der Waals surface area contributed by atoms with E-state index in [0.29, 0.717) is 6.42 Å². The summed E-state index contributed by atoms with van der Waals surface area (Å²) in [5.74, 6) is 0.807. The van der Waals surface area contributed by atoms with E-state index in [1.54, 1.807) is 7.11 Å². The van der Waals surface area contributed by atoms with Gasteiger partial charge >= 0.3 is 0 Å². The predicted octanol–water partition coefficient (Wildman–Crippen LogP) is 2.64. The Morgan fingerprint density at radius 3 is 2.47 bits per heavy atom. The lowest BCUT2D eigenvalue weighted by Crippen LogP contribution is -2.24. The molecule has 3 heteroatoms. The molecule has 3 nitrogen and oxygen atoms in total. The molecule has 0 spiro atoms. The van der Waals surface area contributed by atoms with Crippen molar-refractivity contribution in [2.45, 2.75) is 39.7 Å². The average Bonchev–Trinajstić information content (AvgIpc) is 2.25. The van der Waals surface area contributed by atoms with E-state index >= 15 is 0 Å². The Kier molecular flexibility index (Phi) is 7.64. The van der Waals surface area contributed by atoms with Crippen LogP contribution in [0.5, 0.6) is 0 Å². The molecule has 1 unspecified atom stereocenters. The van der Waals surface area contributed by atoms with E-state index in [0.717, 1.165) is 17.9 Å². The van der Waals surface area contributed by atoms with Gasteiger partial charge in [0.15, 0.2) is 0 Å². The van der Waals surface area contributed by atoms with Gasteiger partial charge in [0, 0.05) is 18.3 Å². The number of aliphatic imine (C=N–C) groups is 1. The first-order chi connectivity index (χ1) is 7.19. The largest absolute Gasteiger partial charge is 0.500 e. The van der Waals surface area contributed by atoms with E-state index in [9.17, 15) is 0 Å². The van der Waals surface area contributed by atoms with Crippen LogP contribution in [0.4, 0.5) is 0 Å². The Morgan fingerprint density at radius 2 is 2.07 bits per heavy atom. The molecule has 0 aromatic carbocycles. The standard InChI is InChI=1S/C12H22N2O/c1-5-8-14-10(6-2)9-11(13)12(7-3)15-4/h6-8,11H,5,9,13H2,1-4H3/b10-6-,12-7-,14-8?. The van der Waals surface area contributed by atoms with Crippen molar-refractivity contribution in [3.8, 4) is 0 Å². The molecule has 2 N–H and O–H groups in total. The molecule has 0 radical (unpaired) electrons. The van der Waals surface area contributed by atoms with Gasteiger partial charge in [0.1, 0.15) is 5.76 Å². The normalized spacial score (nSPS) is 15.8. The number of ether oxygens (including phenoxy) is 1. The van der Waals surface area contributed by atoms with Crippen LogP contribution in [0.3, 0.4) is 0 Å². The number of nitrogens with two attached hydrogens (primary N) is 1. The third kappa shape index (κ3) is 5.37. The van der Waals surface area contributed by atoms with Gasteiger partial charge in [-0.25, -0.2) is 0 Å². The minimum absolute atomic E-state index is 0.111. The number of methoxy groups -OCH3 is 1. The molecule has 0 saturated heterocycles. The monoisotopic (exact) mass is 210 g/mol. The van der Waals surface area contributed by atoms with Crippen LogP contribution in [0.1, 0.15) is 33.6 Å². The number of rotatable bonds is 6. The van der Waals surface area contributed by atoms with Gasteiger partial charge in [-0.15, -0.1) is 0 Å². The molecule has 0 rings (SSSR count). The highest BCUT2D eigenvalue weighted by Gasteiger charge is 2.10. The average molecular weight is 210 g/mol. The summed E-state index contributed by atoms with van der Waals surface area (Å²) in [5.41, 5.74) is 6.98. The molecular weight excluding hydrogens is 188 g/mol. The van der Waals surface area contributed by atoms with Gasteiger partial charge in [0.05, 0.1) is 13.2 Å². The molecule has 15 heavy (non-hydrogen) atoms. The second-order valence-electron chi connectivity index (χ2n) is 3.21. The van der Waals surface area contributed by atoms with Crippen molar-refractivity contribution in [2.75, 3.05) is 7.11 Å². The maximum atomic E-state index is 5.98. The van der Waals surface area contributed by atoms with Gasteiger partial charge in [-0.3, -0.25) is 4.99 Å². The topological polar surface area (TPSA) is 47.6 Å².